The summed E-state index contributed by atoms with van der Waals surface area (Å²) in [5.74, 6) is 1.49. The molecule has 7 heteroatoms. The normalized spacial score (nSPS) is 18.3. The maximum absolute atomic E-state index is 11.2. The Kier molecular flexibility index (Phi) is 4.03. The van der Waals surface area contributed by atoms with Crippen molar-refractivity contribution in [2.45, 2.75) is 19.4 Å². The Balaban J connectivity index is 2.04. The van der Waals surface area contributed by atoms with Gasteiger partial charge in [0.25, 0.3) is 0 Å². The van der Waals surface area contributed by atoms with Gasteiger partial charge >= 0.3 is 6.09 Å². The highest BCUT2D eigenvalue weighted by molar-refractivity contribution is 5.67. The first-order valence-electron chi connectivity index (χ1n) is 6.25. The number of rotatable bonds is 3. The lowest BCUT2D eigenvalue weighted by Gasteiger charge is -2.18. The van der Waals surface area contributed by atoms with E-state index >= 15 is 0 Å². The second-order valence-corrected chi connectivity index (χ2v) is 4.51. The standard InChI is InChI=1S/C12H19N5O2/c1-8-6-10(16-11(13-2)14-8)17-5-4-9(7-17)15-12(18)19-3/h6,9H,4-5,7H2,1-3H3,(H,15,18)(H,13,14,16). The maximum Gasteiger partial charge on any atom is 0.407 e. The van der Waals surface area contributed by atoms with Crippen LogP contribution < -0.4 is 15.5 Å². The average molecular weight is 265 g/mol. The Bertz CT molecular complexity index is 465. The molecule has 1 aliphatic rings. The number of carbonyl (C=O) groups is 1. The minimum atomic E-state index is -0.387. The number of methoxy groups -OCH3 is 1. The molecule has 0 spiro atoms. The van der Waals surface area contributed by atoms with Gasteiger partial charge in [0.05, 0.1) is 13.2 Å². The Morgan fingerprint density at radius 1 is 1.53 bits per heavy atom. The molecule has 0 aromatic carbocycles. The van der Waals surface area contributed by atoms with E-state index in [1.54, 1.807) is 7.05 Å². The second-order valence-electron chi connectivity index (χ2n) is 4.51. The minimum Gasteiger partial charge on any atom is -0.453 e. The number of nitrogens with zero attached hydrogens (tertiary/aromatic N) is 3. The molecule has 1 unspecified atom stereocenters. The van der Waals surface area contributed by atoms with Gasteiger partial charge in [0.1, 0.15) is 5.82 Å². The first-order chi connectivity index (χ1) is 9.12. The highest BCUT2D eigenvalue weighted by Gasteiger charge is 2.25. The van der Waals surface area contributed by atoms with Crippen molar-refractivity contribution in [3.63, 3.8) is 0 Å². The molecule has 2 rings (SSSR count). The molecule has 19 heavy (non-hydrogen) atoms. The van der Waals surface area contributed by atoms with E-state index in [-0.39, 0.29) is 12.1 Å². The Labute approximate surface area is 112 Å². The van der Waals surface area contributed by atoms with E-state index in [1.165, 1.54) is 7.11 Å². The van der Waals surface area contributed by atoms with Gasteiger partial charge in [0, 0.05) is 31.9 Å². The van der Waals surface area contributed by atoms with Gasteiger partial charge in [-0.1, -0.05) is 0 Å². The molecule has 0 radical (unpaired) electrons. The number of aryl methyl sites for hydroxylation is 1. The molecular weight excluding hydrogens is 246 g/mol. The van der Waals surface area contributed by atoms with Crippen LogP contribution in [0.25, 0.3) is 0 Å². The highest BCUT2D eigenvalue weighted by atomic mass is 16.5. The number of nitrogens with one attached hydrogen (secondary N) is 2. The van der Waals surface area contributed by atoms with Crippen LogP contribution in [0.2, 0.25) is 0 Å². The van der Waals surface area contributed by atoms with Crippen LogP contribution in [-0.4, -0.2) is 49.4 Å². The Hall–Kier alpha value is -2.05. The van der Waals surface area contributed by atoms with Gasteiger partial charge in [-0.3, -0.25) is 0 Å². The first kappa shape index (κ1) is 13.4. The van der Waals surface area contributed by atoms with Crippen LogP contribution in [0.5, 0.6) is 0 Å². The number of aromatic nitrogens is 2. The summed E-state index contributed by atoms with van der Waals surface area (Å²) in [6, 6.07) is 2.04. The zero-order valence-corrected chi connectivity index (χ0v) is 11.4. The summed E-state index contributed by atoms with van der Waals surface area (Å²) in [5, 5.41) is 5.76. The molecule has 1 aromatic heterocycles. The fraction of sp³-hybridized carbons (Fsp3) is 0.583. The molecule has 2 N–H and O–H groups in total. The fourth-order valence-electron chi connectivity index (χ4n) is 2.14. The van der Waals surface area contributed by atoms with Crippen LogP contribution >= 0.6 is 0 Å². The smallest absolute Gasteiger partial charge is 0.407 e. The van der Waals surface area contributed by atoms with E-state index in [4.69, 9.17) is 0 Å². The number of amides is 1. The van der Waals surface area contributed by atoms with Crippen LogP contribution in [0, 0.1) is 6.92 Å². The lowest BCUT2D eigenvalue weighted by molar-refractivity contribution is 0.167. The third kappa shape index (κ3) is 3.24. The van der Waals surface area contributed by atoms with Crippen molar-refractivity contribution in [1.29, 1.82) is 0 Å². The third-order valence-corrected chi connectivity index (χ3v) is 3.08. The van der Waals surface area contributed by atoms with Gasteiger partial charge in [-0.2, -0.15) is 4.98 Å². The maximum atomic E-state index is 11.2. The van der Waals surface area contributed by atoms with Crippen molar-refractivity contribution in [1.82, 2.24) is 15.3 Å². The van der Waals surface area contributed by atoms with Crippen LogP contribution in [0.3, 0.4) is 0 Å². The summed E-state index contributed by atoms with van der Waals surface area (Å²) in [5.41, 5.74) is 0.915. The molecule has 1 amide bonds. The zero-order chi connectivity index (χ0) is 13.8. The SMILES string of the molecule is CNc1nc(C)cc(N2CCC(NC(=O)OC)C2)n1. The Morgan fingerprint density at radius 2 is 2.32 bits per heavy atom. The van der Waals surface area contributed by atoms with E-state index in [2.05, 4.69) is 30.2 Å². The van der Waals surface area contributed by atoms with Gasteiger partial charge in [-0.15, -0.1) is 0 Å². The van der Waals surface area contributed by atoms with E-state index in [1.807, 2.05) is 13.0 Å². The van der Waals surface area contributed by atoms with E-state index in [0.29, 0.717) is 5.95 Å². The molecule has 1 aliphatic heterocycles. The molecular formula is C12H19N5O2. The van der Waals surface area contributed by atoms with Crippen LogP contribution in [0.15, 0.2) is 6.07 Å². The van der Waals surface area contributed by atoms with Gasteiger partial charge in [0.15, 0.2) is 0 Å². The predicted octanol–water partition coefficient (Wildman–Crippen LogP) is 0.761. The molecule has 1 atom stereocenters. The van der Waals surface area contributed by atoms with Gasteiger partial charge in [0.2, 0.25) is 5.95 Å². The third-order valence-electron chi connectivity index (χ3n) is 3.08. The number of hydrogen-bond acceptors (Lipinski definition) is 6. The van der Waals surface area contributed by atoms with Crippen LogP contribution in [-0.2, 0) is 4.74 Å². The monoisotopic (exact) mass is 265 g/mol. The van der Waals surface area contributed by atoms with Crippen molar-refractivity contribution in [3.8, 4) is 0 Å². The number of carbonyl (C=O) groups excluding carboxylic acids is 1. The largest absolute Gasteiger partial charge is 0.453 e. The Morgan fingerprint density at radius 3 is 3.00 bits per heavy atom. The highest BCUT2D eigenvalue weighted by Crippen LogP contribution is 2.20. The summed E-state index contributed by atoms with van der Waals surface area (Å²) in [6.07, 6.45) is 0.495. The van der Waals surface area contributed by atoms with Crippen LogP contribution in [0.1, 0.15) is 12.1 Å². The molecule has 1 fully saturated rings. The minimum absolute atomic E-state index is 0.0979. The topological polar surface area (TPSA) is 79.4 Å². The lowest BCUT2D eigenvalue weighted by atomic mass is 10.3. The van der Waals surface area contributed by atoms with Gasteiger partial charge < -0.3 is 20.3 Å². The summed E-state index contributed by atoms with van der Waals surface area (Å²) in [4.78, 5) is 22.0. The number of alkyl carbamates (subject to hydrolysis) is 1. The molecule has 7 nitrogen and oxygen atoms in total. The lowest BCUT2D eigenvalue weighted by Crippen LogP contribution is -2.37. The average Bonchev–Trinajstić information content (AvgIpc) is 2.86. The van der Waals surface area contributed by atoms with Crippen molar-refractivity contribution >= 4 is 17.9 Å². The molecule has 1 aromatic rings. The van der Waals surface area contributed by atoms with E-state index in [9.17, 15) is 4.79 Å². The molecule has 0 aliphatic carbocycles. The first-order valence-corrected chi connectivity index (χ1v) is 6.25. The second kappa shape index (κ2) is 5.73. The van der Waals surface area contributed by atoms with Crippen LogP contribution in [0.4, 0.5) is 16.6 Å². The summed E-state index contributed by atoms with van der Waals surface area (Å²) in [7, 11) is 3.17. The molecule has 104 valence electrons. The number of ether oxygens (including phenoxy) is 1. The van der Waals surface area contributed by atoms with Gasteiger partial charge in [-0.25, -0.2) is 9.78 Å². The summed E-state index contributed by atoms with van der Waals surface area (Å²) < 4.78 is 4.60. The van der Waals surface area contributed by atoms with E-state index in [0.717, 1.165) is 31.0 Å². The quantitative estimate of drug-likeness (QED) is 0.840. The summed E-state index contributed by atoms with van der Waals surface area (Å²) >= 11 is 0. The van der Waals surface area contributed by atoms with Crippen molar-refractivity contribution in [2.75, 3.05) is 37.5 Å². The van der Waals surface area contributed by atoms with Crippen molar-refractivity contribution in [3.05, 3.63) is 11.8 Å². The van der Waals surface area contributed by atoms with E-state index < -0.39 is 0 Å². The fourth-order valence-corrected chi connectivity index (χ4v) is 2.14. The molecule has 2 heterocycles. The van der Waals surface area contributed by atoms with Crippen molar-refractivity contribution in [2.24, 2.45) is 0 Å². The number of hydrogen-bond donors (Lipinski definition) is 2. The molecule has 0 saturated carbocycles. The van der Waals surface area contributed by atoms with Gasteiger partial charge in [-0.05, 0) is 13.3 Å². The predicted molar refractivity (Wildman–Crippen MR) is 72.5 cm³/mol. The summed E-state index contributed by atoms with van der Waals surface area (Å²) in [6.45, 7) is 3.52. The molecule has 0 bridgehead atoms. The molecule has 1 saturated heterocycles. The number of anilines is 2. The zero-order valence-electron chi connectivity index (χ0n) is 11.4. The van der Waals surface area contributed by atoms with Crippen molar-refractivity contribution < 1.29 is 9.53 Å².